The minimum Gasteiger partial charge on any atom is -0.354 e. The van der Waals surface area contributed by atoms with Crippen molar-refractivity contribution < 1.29 is 18.0 Å². The van der Waals surface area contributed by atoms with Gasteiger partial charge in [0.2, 0.25) is 11.8 Å². The van der Waals surface area contributed by atoms with Crippen LogP contribution in [0, 0.1) is 0 Å². The van der Waals surface area contributed by atoms with E-state index in [0.29, 0.717) is 25.9 Å². The van der Waals surface area contributed by atoms with E-state index in [1.807, 2.05) is 0 Å². The summed E-state index contributed by atoms with van der Waals surface area (Å²) in [5.41, 5.74) is -0.788. The number of hydrogen-bond acceptors (Lipinski definition) is 5. The maximum atomic E-state index is 12.5. The van der Waals surface area contributed by atoms with Crippen molar-refractivity contribution in [2.24, 2.45) is 0 Å². The Bertz CT molecular complexity index is 702. The van der Waals surface area contributed by atoms with E-state index in [-0.39, 0.29) is 22.6 Å². The standard InChI is InChI=1S/C14H19N3O4S2/c18-11(10-16-23(20,21)12-4-1-9-22-12)17-8-3-6-14(17)5-2-7-15-13(14)19/h1,4,9,16H,2-3,5-8,10H2,(H,15,19). The summed E-state index contributed by atoms with van der Waals surface area (Å²) in [7, 11) is -3.68. The fourth-order valence-corrected chi connectivity index (χ4v) is 5.35. The van der Waals surface area contributed by atoms with Gasteiger partial charge in [0, 0.05) is 13.1 Å². The Kier molecular flexibility index (Phi) is 4.43. The lowest BCUT2D eigenvalue weighted by molar-refractivity contribution is -0.146. The van der Waals surface area contributed by atoms with Crippen LogP contribution in [0.25, 0.3) is 0 Å². The molecule has 2 saturated heterocycles. The van der Waals surface area contributed by atoms with Gasteiger partial charge in [0.25, 0.3) is 10.0 Å². The van der Waals surface area contributed by atoms with Gasteiger partial charge < -0.3 is 10.2 Å². The zero-order chi connectivity index (χ0) is 16.5. The summed E-state index contributed by atoms with van der Waals surface area (Å²) in [6, 6.07) is 3.13. The van der Waals surface area contributed by atoms with Crippen LogP contribution in [0.5, 0.6) is 0 Å². The van der Waals surface area contributed by atoms with E-state index < -0.39 is 15.6 Å². The number of thiophene rings is 1. The van der Waals surface area contributed by atoms with Gasteiger partial charge in [0.05, 0.1) is 6.54 Å². The number of carbonyl (C=O) groups is 2. The second kappa shape index (κ2) is 6.21. The highest BCUT2D eigenvalue weighted by Gasteiger charge is 2.50. The molecule has 1 unspecified atom stereocenters. The minimum absolute atomic E-state index is 0.115. The van der Waals surface area contributed by atoms with Gasteiger partial charge in [0.15, 0.2) is 0 Å². The molecule has 3 heterocycles. The summed E-state index contributed by atoms with van der Waals surface area (Å²) in [4.78, 5) is 26.3. The molecular weight excluding hydrogens is 338 g/mol. The molecule has 1 atom stereocenters. The van der Waals surface area contributed by atoms with Gasteiger partial charge in [-0.2, -0.15) is 0 Å². The number of sulfonamides is 1. The van der Waals surface area contributed by atoms with E-state index in [0.717, 1.165) is 24.2 Å². The number of hydrogen-bond donors (Lipinski definition) is 2. The number of likely N-dealkylation sites (tertiary alicyclic amines) is 1. The second-order valence-electron chi connectivity index (χ2n) is 5.80. The Balaban J connectivity index is 1.69. The molecule has 2 aliphatic rings. The largest absolute Gasteiger partial charge is 0.354 e. The molecular formula is C14H19N3O4S2. The number of piperidine rings is 1. The van der Waals surface area contributed by atoms with Gasteiger partial charge in [-0.1, -0.05) is 6.07 Å². The van der Waals surface area contributed by atoms with E-state index in [2.05, 4.69) is 10.0 Å². The van der Waals surface area contributed by atoms with Crippen molar-refractivity contribution in [1.82, 2.24) is 14.9 Å². The normalized spacial score (nSPS) is 24.9. The molecule has 126 valence electrons. The third-order valence-electron chi connectivity index (χ3n) is 4.44. The Morgan fingerprint density at radius 2 is 2.17 bits per heavy atom. The van der Waals surface area contributed by atoms with Crippen LogP contribution in [0.3, 0.4) is 0 Å². The number of nitrogens with zero attached hydrogens (tertiary/aromatic N) is 1. The molecule has 1 aromatic heterocycles. The van der Waals surface area contributed by atoms with Gasteiger partial charge in [-0.3, -0.25) is 9.59 Å². The minimum atomic E-state index is -3.68. The van der Waals surface area contributed by atoms with Crippen molar-refractivity contribution in [3.8, 4) is 0 Å². The third kappa shape index (κ3) is 3.00. The highest BCUT2D eigenvalue weighted by Crippen LogP contribution is 2.35. The number of carbonyl (C=O) groups excluding carboxylic acids is 2. The molecule has 0 aliphatic carbocycles. The summed E-state index contributed by atoms with van der Waals surface area (Å²) in [6.07, 6.45) is 2.87. The summed E-state index contributed by atoms with van der Waals surface area (Å²) in [5.74, 6) is -0.463. The Labute approximate surface area is 139 Å². The molecule has 2 N–H and O–H groups in total. The van der Waals surface area contributed by atoms with E-state index >= 15 is 0 Å². The first-order valence-corrected chi connectivity index (χ1v) is 9.94. The second-order valence-corrected chi connectivity index (χ2v) is 8.74. The molecule has 3 rings (SSSR count). The molecule has 2 aliphatic heterocycles. The van der Waals surface area contributed by atoms with Crippen LogP contribution in [-0.4, -0.2) is 50.3 Å². The van der Waals surface area contributed by atoms with Crippen molar-refractivity contribution in [3.05, 3.63) is 17.5 Å². The summed E-state index contributed by atoms with van der Waals surface area (Å²) >= 11 is 1.10. The van der Waals surface area contributed by atoms with Crippen molar-refractivity contribution in [3.63, 3.8) is 0 Å². The van der Waals surface area contributed by atoms with Crippen LogP contribution >= 0.6 is 11.3 Å². The molecule has 23 heavy (non-hydrogen) atoms. The first-order chi connectivity index (χ1) is 11.0. The molecule has 2 fully saturated rings. The number of amides is 2. The van der Waals surface area contributed by atoms with E-state index in [1.54, 1.807) is 16.3 Å². The van der Waals surface area contributed by atoms with Gasteiger partial charge in [-0.05, 0) is 37.1 Å². The maximum absolute atomic E-state index is 12.5. The first-order valence-electron chi connectivity index (χ1n) is 7.58. The van der Waals surface area contributed by atoms with Crippen molar-refractivity contribution in [2.45, 2.75) is 35.4 Å². The smallest absolute Gasteiger partial charge is 0.250 e. The Hall–Kier alpha value is -1.45. The summed E-state index contributed by atoms with van der Waals surface area (Å²) in [5, 5.41) is 4.49. The quantitative estimate of drug-likeness (QED) is 0.810. The van der Waals surface area contributed by atoms with Crippen LogP contribution < -0.4 is 10.0 Å². The van der Waals surface area contributed by atoms with Gasteiger partial charge in [-0.25, -0.2) is 13.1 Å². The predicted octanol–water partition coefficient (Wildman–Crippen LogP) is 0.298. The monoisotopic (exact) mass is 357 g/mol. The molecule has 1 spiro atoms. The lowest BCUT2D eigenvalue weighted by Crippen LogP contribution is -2.61. The van der Waals surface area contributed by atoms with Crippen LogP contribution in [0.4, 0.5) is 0 Å². The SMILES string of the molecule is O=C(CNS(=O)(=O)c1cccs1)N1CCCC12CCCNC2=O. The topological polar surface area (TPSA) is 95.6 Å². The fourth-order valence-electron chi connectivity index (χ4n) is 3.34. The van der Waals surface area contributed by atoms with Crippen molar-refractivity contribution in [2.75, 3.05) is 19.6 Å². The van der Waals surface area contributed by atoms with Crippen LogP contribution in [-0.2, 0) is 19.6 Å². The predicted molar refractivity (Wildman–Crippen MR) is 85.4 cm³/mol. The highest BCUT2D eigenvalue weighted by molar-refractivity contribution is 7.91. The molecule has 1 aromatic rings. The van der Waals surface area contributed by atoms with Gasteiger partial charge in [-0.15, -0.1) is 11.3 Å². The third-order valence-corrected chi connectivity index (χ3v) is 7.24. The summed E-state index contributed by atoms with van der Waals surface area (Å²) in [6.45, 7) is 0.801. The zero-order valence-corrected chi connectivity index (χ0v) is 14.2. The molecule has 2 amide bonds. The molecule has 7 nitrogen and oxygen atoms in total. The van der Waals surface area contributed by atoms with Crippen LogP contribution in [0.15, 0.2) is 21.7 Å². The average molecular weight is 357 g/mol. The lowest BCUT2D eigenvalue weighted by Gasteiger charge is -2.40. The molecule has 0 radical (unpaired) electrons. The zero-order valence-electron chi connectivity index (χ0n) is 12.6. The average Bonchev–Trinajstić information content (AvgIpc) is 3.19. The highest BCUT2D eigenvalue weighted by atomic mass is 32.2. The molecule has 0 bridgehead atoms. The molecule has 0 saturated carbocycles. The van der Waals surface area contributed by atoms with E-state index in [9.17, 15) is 18.0 Å². The van der Waals surface area contributed by atoms with Crippen molar-refractivity contribution in [1.29, 1.82) is 0 Å². The number of nitrogens with one attached hydrogen (secondary N) is 2. The van der Waals surface area contributed by atoms with Gasteiger partial charge in [0.1, 0.15) is 9.75 Å². The maximum Gasteiger partial charge on any atom is 0.250 e. The van der Waals surface area contributed by atoms with E-state index in [1.165, 1.54) is 6.07 Å². The Morgan fingerprint density at radius 3 is 2.87 bits per heavy atom. The first kappa shape index (κ1) is 16.4. The lowest BCUT2D eigenvalue weighted by atomic mass is 9.86. The van der Waals surface area contributed by atoms with E-state index in [4.69, 9.17) is 0 Å². The van der Waals surface area contributed by atoms with Crippen molar-refractivity contribution >= 4 is 33.2 Å². The van der Waals surface area contributed by atoms with Crippen LogP contribution in [0.2, 0.25) is 0 Å². The van der Waals surface area contributed by atoms with Gasteiger partial charge >= 0.3 is 0 Å². The fraction of sp³-hybridized carbons (Fsp3) is 0.571. The van der Waals surface area contributed by atoms with Crippen LogP contribution in [0.1, 0.15) is 25.7 Å². The number of rotatable bonds is 4. The molecule has 9 heteroatoms. The Morgan fingerprint density at radius 1 is 1.39 bits per heavy atom. The summed E-state index contributed by atoms with van der Waals surface area (Å²) < 4.78 is 26.7. The molecule has 0 aromatic carbocycles.